The number of benzene rings is 1. The SMILES string of the molecule is Cc1cccc(N2CCN(C(=O)c3cnc(NC4CCCCC4)cn3)CC2)c1. The van der Waals surface area contributed by atoms with Crippen LogP contribution in [0.5, 0.6) is 0 Å². The van der Waals surface area contributed by atoms with Gasteiger partial charge in [0.05, 0.1) is 12.4 Å². The molecule has 148 valence electrons. The monoisotopic (exact) mass is 379 g/mol. The molecule has 1 N–H and O–H groups in total. The highest BCUT2D eigenvalue weighted by Crippen LogP contribution is 2.21. The molecule has 2 aliphatic rings. The molecule has 1 aliphatic heterocycles. The lowest BCUT2D eigenvalue weighted by atomic mass is 9.96. The second kappa shape index (κ2) is 8.59. The summed E-state index contributed by atoms with van der Waals surface area (Å²) in [5, 5.41) is 3.45. The minimum Gasteiger partial charge on any atom is -0.368 e. The smallest absolute Gasteiger partial charge is 0.274 e. The average molecular weight is 380 g/mol. The maximum atomic E-state index is 12.8. The predicted molar refractivity (Wildman–Crippen MR) is 112 cm³/mol. The van der Waals surface area contributed by atoms with Gasteiger partial charge in [-0.2, -0.15) is 0 Å². The molecule has 0 bridgehead atoms. The van der Waals surface area contributed by atoms with E-state index in [0.29, 0.717) is 24.8 Å². The van der Waals surface area contributed by atoms with Gasteiger partial charge in [0.25, 0.3) is 5.91 Å². The quantitative estimate of drug-likeness (QED) is 0.881. The molecule has 6 heteroatoms. The van der Waals surface area contributed by atoms with Crippen LogP contribution < -0.4 is 10.2 Å². The van der Waals surface area contributed by atoms with Crippen molar-refractivity contribution in [1.29, 1.82) is 0 Å². The summed E-state index contributed by atoms with van der Waals surface area (Å²) in [7, 11) is 0. The van der Waals surface area contributed by atoms with E-state index in [0.717, 1.165) is 18.9 Å². The van der Waals surface area contributed by atoms with E-state index in [1.165, 1.54) is 43.4 Å². The topological polar surface area (TPSA) is 61.4 Å². The third kappa shape index (κ3) is 4.43. The van der Waals surface area contributed by atoms with Crippen molar-refractivity contribution in [3.63, 3.8) is 0 Å². The van der Waals surface area contributed by atoms with Gasteiger partial charge in [-0.05, 0) is 37.5 Å². The summed E-state index contributed by atoms with van der Waals surface area (Å²) in [6, 6.07) is 9.00. The van der Waals surface area contributed by atoms with Gasteiger partial charge in [-0.1, -0.05) is 31.4 Å². The number of nitrogens with one attached hydrogen (secondary N) is 1. The number of carbonyl (C=O) groups is 1. The molecule has 28 heavy (non-hydrogen) atoms. The van der Waals surface area contributed by atoms with Crippen molar-refractivity contribution in [1.82, 2.24) is 14.9 Å². The van der Waals surface area contributed by atoms with Gasteiger partial charge in [-0.25, -0.2) is 9.97 Å². The molecule has 1 aliphatic carbocycles. The molecule has 0 atom stereocenters. The van der Waals surface area contributed by atoms with Crippen LogP contribution in [0.3, 0.4) is 0 Å². The lowest BCUT2D eigenvalue weighted by Crippen LogP contribution is -2.49. The molecule has 1 amide bonds. The van der Waals surface area contributed by atoms with Crippen LogP contribution in [-0.4, -0.2) is 53.0 Å². The van der Waals surface area contributed by atoms with Crippen molar-refractivity contribution in [2.75, 3.05) is 36.4 Å². The molecule has 0 spiro atoms. The van der Waals surface area contributed by atoms with Crippen LogP contribution in [0, 0.1) is 6.92 Å². The van der Waals surface area contributed by atoms with Gasteiger partial charge < -0.3 is 15.1 Å². The molecule has 0 radical (unpaired) electrons. The van der Waals surface area contributed by atoms with E-state index in [1.54, 1.807) is 12.4 Å². The summed E-state index contributed by atoms with van der Waals surface area (Å²) in [4.78, 5) is 25.8. The Balaban J connectivity index is 1.32. The van der Waals surface area contributed by atoms with E-state index in [9.17, 15) is 4.79 Å². The molecule has 2 aromatic rings. The summed E-state index contributed by atoms with van der Waals surface area (Å²) in [6.07, 6.45) is 9.56. The van der Waals surface area contributed by atoms with Gasteiger partial charge in [0.2, 0.25) is 0 Å². The standard InChI is InChI=1S/C22H29N5O/c1-17-6-5-9-19(14-17)26-10-12-27(13-11-26)22(28)20-15-24-21(16-23-20)25-18-7-3-2-4-8-18/h5-6,9,14-16,18H,2-4,7-8,10-13H2,1H3,(H,24,25). The number of anilines is 2. The highest BCUT2D eigenvalue weighted by atomic mass is 16.2. The van der Waals surface area contributed by atoms with Crippen molar-refractivity contribution < 1.29 is 4.79 Å². The Labute approximate surface area is 167 Å². The summed E-state index contributed by atoms with van der Waals surface area (Å²) in [5.74, 6) is 0.744. The van der Waals surface area contributed by atoms with Crippen LogP contribution >= 0.6 is 0 Å². The average Bonchev–Trinajstić information content (AvgIpc) is 2.75. The van der Waals surface area contributed by atoms with E-state index in [-0.39, 0.29) is 5.91 Å². The van der Waals surface area contributed by atoms with Gasteiger partial charge in [0.1, 0.15) is 11.5 Å². The van der Waals surface area contributed by atoms with E-state index < -0.39 is 0 Å². The van der Waals surface area contributed by atoms with E-state index in [2.05, 4.69) is 51.4 Å². The van der Waals surface area contributed by atoms with Crippen LogP contribution in [-0.2, 0) is 0 Å². The third-order valence-electron chi connectivity index (χ3n) is 5.76. The fraction of sp³-hybridized carbons (Fsp3) is 0.500. The summed E-state index contributed by atoms with van der Waals surface area (Å²) >= 11 is 0. The molecule has 1 saturated heterocycles. The van der Waals surface area contributed by atoms with Crippen molar-refractivity contribution in [3.05, 3.63) is 47.9 Å². The maximum Gasteiger partial charge on any atom is 0.274 e. The molecule has 1 saturated carbocycles. The van der Waals surface area contributed by atoms with Gasteiger partial charge >= 0.3 is 0 Å². The second-order valence-electron chi connectivity index (χ2n) is 7.88. The molecule has 2 fully saturated rings. The predicted octanol–water partition coefficient (Wildman–Crippen LogP) is 3.49. The van der Waals surface area contributed by atoms with Crippen molar-refractivity contribution >= 4 is 17.4 Å². The van der Waals surface area contributed by atoms with E-state index in [4.69, 9.17) is 0 Å². The number of aromatic nitrogens is 2. The number of rotatable bonds is 4. The molecular weight excluding hydrogens is 350 g/mol. The van der Waals surface area contributed by atoms with Crippen LogP contribution in [0.4, 0.5) is 11.5 Å². The Bertz CT molecular complexity index is 793. The molecule has 0 unspecified atom stereocenters. The van der Waals surface area contributed by atoms with Crippen LogP contribution in [0.25, 0.3) is 0 Å². The first-order chi connectivity index (χ1) is 13.7. The van der Waals surface area contributed by atoms with Crippen molar-refractivity contribution in [2.24, 2.45) is 0 Å². The van der Waals surface area contributed by atoms with Gasteiger partial charge in [-0.15, -0.1) is 0 Å². The number of amides is 1. The van der Waals surface area contributed by atoms with Gasteiger partial charge in [0, 0.05) is 37.9 Å². The second-order valence-corrected chi connectivity index (χ2v) is 7.88. The summed E-state index contributed by atoms with van der Waals surface area (Å²) in [6.45, 7) is 5.19. The van der Waals surface area contributed by atoms with Gasteiger partial charge in [-0.3, -0.25) is 4.79 Å². The molecule has 2 heterocycles. The number of hydrogen-bond acceptors (Lipinski definition) is 5. The number of piperazine rings is 1. The zero-order valence-electron chi connectivity index (χ0n) is 16.6. The minimum absolute atomic E-state index is 0.0272. The fourth-order valence-electron chi connectivity index (χ4n) is 4.12. The van der Waals surface area contributed by atoms with Crippen molar-refractivity contribution in [2.45, 2.75) is 45.1 Å². The number of aryl methyl sites for hydroxylation is 1. The van der Waals surface area contributed by atoms with Crippen molar-refractivity contribution in [3.8, 4) is 0 Å². The zero-order chi connectivity index (χ0) is 19.3. The minimum atomic E-state index is -0.0272. The molecular formula is C22H29N5O. The maximum absolute atomic E-state index is 12.8. The lowest BCUT2D eigenvalue weighted by Gasteiger charge is -2.36. The normalized spacial score (nSPS) is 18.2. The summed E-state index contributed by atoms with van der Waals surface area (Å²) < 4.78 is 0. The highest BCUT2D eigenvalue weighted by Gasteiger charge is 2.23. The molecule has 1 aromatic heterocycles. The zero-order valence-corrected chi connectivity index (χ0v) is 16.6. The molecule has 4 rings (SSSR count). The number of carbonyl (C=O) groups excluding carboxylic acids is 1. The Morgan fingerprint density at radius 3 is 2.50 bits per heavy atom. The first kappa shape index (κ1) is 18.7. The largest absolute Gasteiger partial charge is 0.368 e. The number of nitrogens with zero attached hydrogens (tertiary/aromatic N) is 4. The first-order valence-corrected chi connectivity index (χ1v) is 10.4. The molecule has 6 nitrogen and oxygen atoms in total. The first-order valence-electron chi connectivity index (χ1n) is 10.4. The summed E-state index contributed by atoms with van der Waals surface area (Å²) in [5.41, 5.74) is 2.91. The van der Waals surface area contributed by atoms with Crippen LogP contribution in [0.2, 0.25) is 0 Å². The van der Waals surface area contributed by atoms with Gasteiger partial charge in [0.15, 0.2) is 0 Å². The third-order valence-corrected chi connectivity index (χ3v) is 5.76. The van der Waals surface area contributed by atoms with E-state index >= 15 is 0 Å². The Morgan fingerprint density at radius 1 is 1.04 bits per heavy atom. The van der Waals surface area contributed by atoms with Crippen LogP contribution in [0.1, 0.15) is 48.2 Å². The number of hydrogen-bond donors (Lipinski definition) is 1. The van der Waals surface area contributed by atoms with E-state index in [1.807, 2.05) is 4.90 Å². The van der Waals surface area contributed by atoms with Crippen LogP contribution in [0.15, 0.2) is 36.7 Å². The molecule has 1 aromatic carbocycles. The highest BCUT2D eigenvalue weighted by molar-refractivity contribution is 5.92. The lowest BCUT2D eigenvalue weighted by molar-refractivity contribution is 0.0740. The Kier molecular flexibility index (Phi) is 5.74. The fourth-order valence-corrected chi connectivity index (χ4v) is 4.12. The Morgan fingerprint density at radius 2 is 1.82 bits per heavy atom. The Hall–Kier alpha value is -2.63.